The predicted molar refractivity (Wildman–Crippen MR) is 77.3 cm³/mol. The average molecular weight is 266 g/mol. The first kappa shape index (κ1) is 13.8. The number of aromatic nitrogens is 1. The summed E-state index contributed by atoms with van der Waals surface area (Å²) in [5.41, 5.74) is 2.99. The van der Waals surface area contributed by atoms with Crippen LogP contribution < -0.4 is 5.32 Å². The minimum atomic E-state index is -0.197. The third-order valence-electron chi connectivity index (χ3n) is 2.74. The molecule has 0 fully saturated rings. The van der Waals surface area contributed by atoms with Gasteiger partial charge >= 0.3 is 0 Å². The second kappa shape index (κ2) is 6.50. The van der Waals surface area contributed by atoms with Gasteiger partial charge in [-0.25, -0.2) is 0 Å². The third-order valence-corrected chi connectivity index (χ3v) is 2.74. The van der Waals surface area contributed by atoms with Crippen LogP contribution in [-0.4, -0.2) is 22.6 Å². The van der Waals surface area contributed by atoms with Gasteiger partial charge in [0.2, 0.25) is 0 Å². The van der Waals surface area contributed by atoms with E-state index < -0.39 is 0 Å². The van der Waals surface area contributed by atoms with Crippen molar-refractivity contribution in [2.75, 3.05) is 11.9 Å². The van der Waals surface area contributed by atoms with E-state index in [1.54, 1.807) is 30.6 Å². The van der Waals surface area contributed by atoms with Gasteiger partial charge in [0.15, 0.2) is 0 Å². The molecule has 2 aromatic rings. The molecule has 0 radical (unpaired) electrons. The van der Waals surface area contributed by atoms with Crippen LogP contribution in [0.15, 0.2) is 42.7 Å². The number of nitrogens with zero attached hydrogens (tertiary/aromatic N) is 1. The van der Waals surface area contributed by atoms with Crippen molar-refractivity contribution in [1.82, 2.24) is 4.98 Å². The summed E-state index contributed by atoms with van der Waals surface area (Å²) in [5.74, 6) is 5.26. The second-order valence-corrected chi connectivity index (χ2v) is 4.18. The number of benzene rings is 1. The highest BCUT2D eigenvalue weighted by Crippen LogP contribution is 2.15. The number of rotatable bonds is 2. The van der Waals surface area contributed by atoms with Crippen LogP contribution in [0.2, 0.25) is 0 Å². The lowest BCUT2D eigenvalue weighted by molar-refractivity contribution is 0.102. The number of hydrogen-bond donors (Lipinski definition) is 2. The number of anilines is 1. The maximum Gasteiger partial charge on any atom is 0.255 e. The molecule has 0 spiro atoms. The Morgan fingerprint density at radius 3 is 2.75 bits per heavy atom. The molecule has 0 bridgehead atoms. The van der Waals surface area contributed by atoms with Crippen LogP contribution in [0, 0.1) is 18.8 Å². The molecular formula is C16H14N2O2. The Morgan fingerprint density at radius 2 is 2.05 bits per heavy atom. The van der Waals surface area contributed by atoms with Gasteiger partial charge < -0.3 is 10.4 Å². The summed E-state index contributed by atoms with van der Waals surface area (Å²) >= 11 is 0. The van der Waals surface area contributed by atoms with Crippen molar-refractivity contribution in [2.45, 2.75) is 6.92 Å². The number of aliphatic hydroxyl groups is 1. The number of amides is 1. The molecule has 1 aromatic carbocycles. The van der Waals surface area contributed by atoms with Gasteiger partial charge in [-0.1, -0.05) is 17.9 Å². The van der Waals surface area contributed by atoms with Crippen LogP contribution in [0.5, 0.6) is 0 Å². The number of carbonyl (C=O) groups excluding carboxylic acids is 1. The van der Waals surface area contributed by atoms with Crippen molar-refractivity contribution in [3.05, 3.63) is 59.4 Å². The summed E-state index contributed by atoms with van der Waals surface area (Å²) in [7, 11) is 0. The molecule has 0 aliphatic heterocycles. The summed E-state index contributed by atoms with van der Waals surface area (Å²) < 4.78 is 0. The minimum Gasteiger partial charge on any atom is -0.384 e. The Kier molecular flexibility index (Phi) is 4.48. The van der Waals surface area contributed by atoms with Gasteiger partial charge in [0.1, 0.15) is 6.61 Å². The summed E-state index contributed by atoms with van der Waals surface area (Å²) in [6.45, 7) is 1.74. The normalized spacial score (nSPS) is 9.50. The van der Waals surface area contributed by atoms with Crippen molar-refractivity contribution in [1.29, 1.82) is 0 Å². The zero-order valence-electron chi connectivity index (χ0n) is 11.1. The number of aliphatic hydroxyl groups excluding tert-OH is 1. The van der Waals surface area contributed by atoms with Gasteiger partial charge in [0, 0.05) is 29.2 Å². The van der Waals surface area contributed by atoms with E-state index in [1.807, 2.05) is 19.1 Å². The van der Waals surface area contributed by atoms with Crippen molar-refractivity contribution in [2.24, 2.45) is 0 Å². The standard InChI is InChI=1S/C16H14N2O2/c1-12-4-5-15(11-14(12)3-2-10-19)18-16(20)13-6-8-17-9-7-13/h4-9,11,19H,10H2,1H3,(H,18,20). The molecule has 1 amide bonds. The van der Waals surface area contributed by atoms with Crippen molar-refractivity contribution in [3.8, 4) is 11.8 Å². The molecule has 100 valence electrons. The number of carbonyl (C=O) groups is 1. The first-order valence-electron chi connectivity index (χ1n) is 6.12. The SMILES string of the molecule is Cc1ccc(NC(=O)c2ccncc2)cc1C#CCO. The van der Waals surface area contributed by atoms with E-state index in [2.05, 4.69) is 22.1 Å². The number of hydrogen-bond acceptors (Lipinski definition) is 3. The van der Waals surface area contributed by atoms with Crippen LogP contribution in [0.25, 0.3) is 0 Å². The maximum atomic E-state index is 12.0. The van der Waals surface area contributed by atoms with Crippen LogP contribution >= 0.6 is 0 Å². The van der Waals surface area contributed by atoms with Crippen molar-refractivity contribution < 1.29 is 9.90 Å². The molecule has 1 aromatic heterocycles. The lowest BCUT2D eigenvalue weighted by Gasteiger charge is -2.07. The highest BCUT2D eigenvalue weighted by atomic mass is 16.2. The Balaban J connectivity index is 2.20. The van der Waals surface area contributed by atoms with Crippen LogP contribution in [-0.2, 0) is 0 Å². The summed E-state index contributed by atoms with van der Waals surface area (Å²) in [5, 5.41) is 11.5. The van der Waals surface area contributed by atoms with Crippen LogP contribution in [0.4, 0.5) is 5.69 Å². The smallest absolute Gasteiger partial charge is 0.255 e. The molecule has 0 aliphatic rings. The van der Waals surface area contributed by atoms with E-state index in [9.17, 15) is 4.79 Å². The van der Waals surface area contributed by atoms with E-state index in [0.717, 1.165) is 11.1 Å². The summed E-state index contributed by atoms with van der Waals surface area (Å²) in [4.78, 5) is 15.9. The van der Waals surface area contributed by atoms with Crippen molar-refractivity contribution >= 4 is 11.6 Å². The van der Waals surface area contributed by atoms with Gasteiger partial charge in [0.05, 0.1) is 0 Å². The van der Waals surface area contributed by atoms with E-state index in [1.165, 1.54) is 0 Å². The fourth-order valence-electron chi connectivity index (χ4n) is 1.68. The van der Waals surface area contributed by atoms with Gasteiger partial charge in [-0.3, -0.25) is 9.78 Å². The molecule has 4 heteroatoms. The summed E-state index contributed by atoms with van der Waals surface area (Å²) in [6.07, 6.45) is 3.14. The molecule has 2 rings (SSSR count). The van der Waals surface area contributed by atoms with Gasteiger partial charge in [0.25, 0.3) is 5.91 Å². The van der Waals surface area contributed by atoms with Gasteiger partial charge in [-0.2, -0.15) is 0 Å². The quantitative estimate of drug-likeness (QED) is 0.817. The minimum absolute atomic E-state index is 0.187. The molecule has 20 heavy (non-hydrogen) atoms. The first-order valence-corrected chi connectivity index (χ1v) is 6.12. The van der Waals surface area contributed by atoms with E-state index >= 15 is 0 Å². The lowest BCUT2D eigenvalue weighted by Crippen LogP contribution is -2.11. The van der Waals surface area contributed by atoms with E-state index in [4.69, 9.17) is 5.11 Å². The number of aryl methyl sites for hydroxylation is 1. The Hall–Kier alpha value is -2.64. The Morgan fingerprint density at radius 1 is 1.30 bits per heavy atom. The molecule has 0 saturated carbocycles. The fraction of sp³-hybridized carbons (Fsp3) is 0.125. The van der Waals surface area contributed by atoms with Crippen molar-refractivity contribution in [3.63, 3.8) is 0 Å². The Labute approximate surface area is 117 Å². The summed E-state index contributed by atoms with van der Waals surface area (Å²) in [6, 6.07) is 8.78. The highest BCUT2D eigenvalue weighted by Gasteiger charge is 2.06. The zero-order chi connectivity index (χ0) is 14.4. The average Bonchev–Trinajstić information content (AvgIpc) is 2.48. The molecule has 4 nitrogen and oxygen atoms in total. The molecule has 0 atom stereocenters. The zero-order valence-corrected chi connectivity index (χ0v) is 11.1. The highest BCUT2D eigenvalue weighted by molar-refractivity contribution is 6.04. The lowest BCUT2D eigenvalue weighted by atomic mass is 10.1. The van der Waals surface area contributed by atoms with E-state index in [-0.39, 0.29) is 12.5 Å². The van der Waals surface area contributed by atoms with E-state index in [0.29, 0.717) is 11.3 Å². The molecule has 0 aliphatic carbocycles. The molecule has 0 saturated heterocycles. The Bertz CT molecular complexity index is 670. The maximum absolute atomic E-state index is 12.0. The van der Waals surface area contributed by atoms with Crippen LogP contribution in [0.3, 0.4) is 0 Å². The molecular weight excluding hydrogens is 252 g/mol. The number of pyridine rings is 1. The molecule has 0 unspecified atom stereocenters. The van der Waals surface area contributed by atoms with Gasteiger partial charge in [-0.15, -0.1) is 0 Å². The first-order chi connectivity index (χ1) is 9.70. The predicted octanol–water partition coefficient (Wildman–Crippen LogP) is 1.99. The molecule has 2 N–H and O–H groups in total. The topological polar surface area (TPSA) is 62.2 Å². The monoisotopic (exact) mass is 266 g/mol. The van der Waals surface area contributed by atoms with Crippen LogP contribution in [0.1, 0.15) is 21.5 Å². The van der Waals surface area contributed by atoms with Gasteiger partial charge in [-0.05, 0) is 36.8 Å². The molecule has 1 heterocycles. The second-order valence-electron chi connectivity index (χ2n) is 4.18. The largest absolute Gasteiger partial charge is 0.384 e. The fourth-order valence-corrected chi connectivity index (χ4v) is 1.68. The third kappa shape index (κ3) is 3.44. The number of nitrogens with one attached hydrogen (secondary N) is 1.